The van der Waals surface area contributed by atoms with Crippen LogP contribution in [0.4, 0.5) is 21.8 Å². The molecule has 1 aromatic heterocycles. The molecule has 0 amide bonds. The van der Waals surface area contributed by atoms with E-state index in [0.717, 1.165) is 75.5 Å². The molecular formula is C21H26FN7. The van der Waals surface area contributed by atoms with Gasteiger partial charge in [0, 0.05) is 69.8 Å². The molecule has 0 bridgehead atoms. The summed E-state index contributed by atoms with van der Waals surface area (Å²) in [7, 11) is 2.15. The zero-order valence-electron chi connectivity index (χ0n) is 17.0. The second-order valence-electron chi connectivity index (χ2n) is 7.71. The molecule has 0 spiro atoms. The van der Waals surface area contributed by atoms with Crippen molar-refractivity contribution in [3.8, 4) is 6.07 Å². The minimum atomic E-state index is -0.466. The molecule has 29 heavy (non-hydrogen) atoms. The van der Waals surface area contributed by atoms with Gasteiger partial charge in [0.05, 0.1) is 5.56 Å². The van der Waals surface area contributed by atoms with E-state index < -0.39 is 5.82 Å². The normalized spacial score (nSPS) is 18.1. The van der Waals surface area contributed by atoms with E-state index in [-0.39, 0.29) is 5.56 Å². The molecule has 0 atom stereocenters. The standard InChI is InChI=1S/C21H26FN7/c1-16-13-20(28-7-5-26(2)6-8-28)25-21(24-16)29-11-9-27(10-12-29)18-4-3-17(15-23)19(22)14-18/h3-4,13-14H,5-12H2,1-2H3. The number of benzene rings is 1. The second-order valence-corrected chi connectivity index (χ2v) is 7.71. The van der Waals surface area contributed by atoms with Gasteiger partial charge in [-0.15, -0.1) is 0 Å². The van der Waals surface area contributed by atoms with E-state index in [0.29, 0.717) is 0 Å². The average molecular weight is 395 g/mol. The number of rotatable bonds is 3. The van der Waals surface area contributed by atoms with Crippen LogP contribution in [0.3, 0.4) is 0 Å². The molecule has 8 heteroatoms. The lowest BCUT2D eigenvalue weighted by atomic mass is 10.2. The summed E-state index contributed by atoms with van der Waals surface area (Å²) in [6.07, 6.45) is 0. The van der Waals surface area contributed by atoms with Crippen LogP contribution in [0.2, 0.25) is 0 Å². The van der Waals surface area contributed by atoms with Gasteiger partial charge in [-0.3, -0.25) is 0 Å². The third kappa shape index (κ3) is 4.25. The van der Waals surface area contributed by atoms with Crippen LogP contribution < -0.4 is 14.7 Å². The fraction of sp³-hybridized carbons (Fsp3) is 0.476. The van der Waals surface area contributed by atoms with Crippen LogP contribution in [0, 0.1) is 24.1 Å². The van der Waals surface area contributed by atoms with Gasteiger partial charge in [0.1, 0.15) is 17.7 Å². The highest BCUT2D eigenvalue weighted by atomic mass is 19.1. The molecule has 1 aromatic carbocycles. The van der Waals surface area contributed by atoms with Gasteiger partial charge in [0.25, 0.3) is 0 Å². The van der Waals surface area contributed by atoms with E-state index in [2.05, 4.69) is 37.7 Å². The topological polar surface area (TPSA) is 62.5 Å². The van der Waals surface area contributed by atoms with Gasteiger partial charge in [-0.05, 0) is 32.2 Å². The van der Waals surface area contributed by atoms with Gasteiger partial charge in [0.15, 0.2) is 0 Å². The Hall–Kier alpha value is -2.92. The maximum absolute atomic E-state index is 13.9. The molecule has 0 radical (unpaired) electrons. The molecule has 2 saturated heterocycles. The Bertz CT molecular complexity index is 910. The summed E-state index contributed by atoms with van der Waals surface area (Å²) >= 11 is 0. The highest BCUT2D eigenvalue weighted by Crippen LogP contribution is 2.23. The lowest BCUT2D eigenvalue weighted by Gasteiger charge is -2.37. The molecule has 2 aliphatic heterocycles. The molecule has 0 N–H and O–H groups in total. The van der Waals surface area contributed by atoms with Crippen LogP contribution in [-0.4, -0.2) is 74.3 Å². The van der Waals surface area contributed by atoms with Crippen LogP contribution in [0.1, 0.15) is 11.3 Å². The first kappa shape index (κ1) is 19.4. The Morgan fingerprint density at radius 2 is 1.55 bits per heavy atom. The molecule has 2 fully saturated rings. The van der Waals surface area contributed by atoms with Crippen LogP contribution in [-0.2, 0) is 0 Å². The molecule has 2 aliphatic rings. The first-order valence-electron chi connectivity index (χ1n) is 10.0. The minimum absolute atomic E-state index is 0.0805. The molecule has 2 aromatic rings. The van der Waals surface area contributed by atoms with Gasteiger partial charge in [-0.25, -0.2) is 9.37 Å². The fourth-order valence-corrected chi connectivity index (χ4v) is 3.83. The molecule has 0 unspecified atom stereocenters. The quantitative estimate of drug-likeness (QED) is 0.786. The summed E-state index contributed by atoms with van der Waals surface area (Å²) in [5.74, 6) is 1.30. The first-order valence-corrected chi connectivity index (χ1v) is 10.0. The maximum Gasteiger partial charge on any atom is 0.227 e. The molecule has 7 nitrogen and oxygen atoms in total. The lowest BCUT2D eigenvalue weighted by Crippen LogP contribution is -2.47. The van der Waals surface area contributed by atoms with Crippen molar-refractivity contribution in [1.29, 1.82) is 5.26 Å². The summed E-state index contributed by atoms with van der Waals surface area (Å²) in [5, 5.41) is 8.90. The van der Waals surface area contributed by atoms with E-state index >= 15 is 0 Å². The molecule has 0 saturated carbocycles. The lowest BCUT2D eigenvalue weighted by molar-refractivity contribution is 0.312. The fourth-order valence-electron chi connectivity index (χ4n) is 3.83. The molecule has 4 rings (SSSR count). The van der Waals surface area contributed by atoms with Crippen molar-refractivity contribution in [3.05, 3.63) is 41.3 Å². The highest BCUT2D eigenvalue weighted by molar-refractivity contribution is 5.53. The van der Waals surface area contributed by atoms with Gasteiger partial charge in [0.2, 0.25) is 5.95 Å². The average Bonchev–Trinajstić information content (AvgIpc) is 2.74. The zero-order chi connectivity index (χ0) is 20.4. The third-order valence-electron chi connectivity index (χ3n) is 5.66. The van der Waals surface area contributed by atoms with Crippen molar-refractivity contribution in [2.45, 2.75) is 6.92 Å². The summed E-state index contributed by atoms with van der Waals surface area (Å²) in [5.41, 5.74) is 1.86. The third-order valence-corrected chi connectivity index (χ3v) is 5.66. The van der Waals surface area contributed by atoms with Crippen LogP contribution >= 0.6 is 0 Å². The van der Waals surface area contributed by atoms with E-state index in [4.69, 9.17) is 10.2 Å². The van der Waals surface area contributed by atoms with Crippen molar-refractivity contribution < 1.29 is 4.39 Å². The van der Waals surface area contributed by atoms with E-state index in [9.17, 15) is 4.39 Å². The summed E-state index contributed by atoms with van der Waals surface area (Å²) in [6, 6.07) is 8.73. The number of hydrogen-bond donors (Lipinski definition) is 0. The maximum atomic E-state index is 13.9. The highest BCUT2D eigenvalue weighted by Gasteiger charge is 2.22. The van der Waals surface area contributed by atoms with Gasteiger partial charge in [-0.1, -0.05) is 0 Å². The van der Waals surface area contributed by atoms with E-state index in [1.54, 1.807) is 6.07 Å². The number of nitriles is 1. The van der Waals surface area contributed by atoms with Crippen molar-refractivity contribution in [3.63, 3.8) is 0 Å². The van der Waals surface area contributed by atoms with Gasteiger partial charge in [-0.2, -0.15) is 10.2 Å². The van der Waals surface area contributed by atoms with Crippen molar-refractivity contribution in [2.24, 2.45) is 0 Å². The Labute approximate surface area is 171 Å². The van der Waals surface area contributed by atoms with Gasteiger partial charge < -0.3 is 19.6 Å². The predicted octanol–water partition coefficient (Wildman–Crippen LogP) is 1.87. The van der Waals surface area contributed by atoms with Crippen molar-refractivity contribution in [1.82, 2.24) is 14.9 Å². The summed E-state index contributed by atoms with van der Waals surface area (Å²) in [4.78, 5) is 18.5. The van der Waals surface area contributed by atoms with E-state index in [1.807, 2.05) is 19.1 Å². The number of hydrogen-bond acceptors (Lipinski definition) is 7. The Kier molecular flexibility index (Phi) is 5.49. The molecular weight excluding hydrogens is 369 g/mol. The summed E-state index contributed by atoms with van der Waals surface area (Å²) in [6.45, 7) is 9.10. The number of aromatic nitrogens is 2. The van der Waals surface area contributed by atoms with Crippen LogP contribution in [0.15, 0.2) is 24.3 Å². The van der Waals surface area contributed by atoms with Crippen LogP contribution in [0.25, 0.3) is 0 Å². The van der Waals surface area contributed by atoms with Gasteiger partial charge >= 0.3 is 0 Å². The smallest absolute Gasteiger partial charge is 0.227 e. The second kappa shape index (κ2) is 8.21. The van der Waals surface area contributed by atoms with Crippen molar-refractivity contribution in [2.75, 3.05) is 74.1 Å². The Morgan fingerprint density at radius 3 is 2.21 bits per heavy atom. The number of nitrogens with zero attached hydrogens (tertiary/aromatic N) is 7. The SMILES string of the molecule is Cc1cc(N2CCN(C)CC2)nc(N2CCN(c3ccc(C#N)c(F)c3)CC2)n1. The number of piperazine rings is 2. The number of anilines is 3. The number of likely N-dealkylation sites (N-methyl/N-ethyl adjacent to an activating group) is 1. The predicted molar refractivity (Wildman–Crippen MR) is 112 cm³/mol. The Balaban J connectivity index is 1.44. The zero-order valence-corrected chi connectivity index (χ0v) is 17.0. The van der Waals surface area contributed by atoms with E-state index in [1.165, 1.54) is 6.07 Å². The number of aryl methyl sites for hydroxylation is 1. The van der Waals surface area contributed by atoms with Crippen LogP contribution in [0.5, 0.6) is 0 Å². The molecule has 3 heterocycles. The molecule has 0 aliphatic carbocycles. The molecule has 152 valence electrons. The minimum Gasteiger partial charge on any atom is -0.368 e. The summed E-state index contributed by atoms with van der Waals surface area (Å²) < 4.78 is 13.9. The monoisotopic (exact) mass is 395 g/mol. The largest absolute Gasteiger partial charge is 0.368 e. The first-order chi connectivity index (χ1) is 14.0. The number of halogens is 1. The van der Waals surface area contributed by atoms with Crippen molar-refractivity contribution >= 4 is 17.5 Å². The Morgan fingerprint density at radius 1 is 0.897 bits per heavy atom.